The third kappa shape index (κ3) is 7.45. The van der Waals surface area contributed by atoms with Gasteiger partial charge >= 0.3 is 0 Å². The fourth-order valence-corrected chi connectivity index (χ4v) is 4.17. The van der Waals surface area contributed by atoms with E-state index in [1.807, 2.05) is 5.38 Å². The standard InChI is InChI=1S/C15H20N6O3S3/c1-27(23,24)21-11-4-2-10(3-5-11)13(22)18-6-7-26-14(20-15(16)17)12-8-25-9-19-12/h2-5,8-9,14,21H,6-7H2,1H3,(H,18,22)(H4,16,17,20). The molecule has 0 radical (unpaired) electrons. The van der Waals surface area contributed by atoms with Gasteiger partial charge in [0.2, 0.25) is 10.0 Å². The Morgan fingerprint density at radius 3 is 2.59 bits per heavy atom. The lowest BCUT2D eigenvalue weighted by molar-refractivity contribution is 0.0956. The highest BCUT2D eigenvalue weighted by Gasteiger charge is 2.13. The Balaban J connectivity index is 1.84. The summed E-state index contributed by atoms with van der Waals surface area (Å²) < 4.78 is 24.7. The second kappa shape index (κ2) is 9.58. The summed E-state index contributed by atoms with van der Waals surface area (Å²) in [6.45, 7) is 0.410. The van der Waals surface area contributed by atoms with E-state index in [2.05, 4.69) is 20.0 Å². The third-order valence-electron chi connectivity index (χ3n) is 3.08. The quantitative estimate of drug-likeness (QED) is 0.263. The van der Waals surface area contributed by atoms with Gasteiger partial charge in [-0.1, -0.05) is 0 Å². The number of thiazole rings is 1. The molecule has 1 unspecified atom stereocenters. The van der Waals surface area contributed by atoms with E-state index in [9.17, 15) is 13.2 Å². The first-order valence-electron chi connectivity index (χ1n) is 7.69. The van der Waals surface area contributed by atoms with E-state index in [4.69, 9.17) is 11.5 Å². The molecule has 1 heterocycles. The molecule has 0 aliphatic carbocycles. The van der Waals surface area contributed by atoms with Crippen LogP contribution in [0.5, 0.6) is 0 Å². The first-order valence-corrected chi connectivity index (χ1v) is 11.6. The molecule has 6 N–H and O–H groups in total. The van der Waals surface area contributed by atoms with Gasteiger partial charge in [-0.25, -0.2) is 18.4 Å². The molecule has 1 aromatic carbocycles. The average Bonchev–Trinajstić information content (AvgIpc) is 3.10. The molecule has 0 spiro atoms. The van der Waals surface area contributed by atoms with Crippen molar-refractivity contribution in [3.05, 3.63) is 46.4 Å². The first-order chi connectivity index (χ1) is 12.7. The molecular weight excluding hydrogens is 408 g/mol. The first kappa shape index (κ1) is 21.0. The molecule has 1 atom stereocenters. The minimum atomic E-state index is -3.35. The number of thioether (sulfide) groups is 1. The van der Waals surface area contributed by atoms with Gasteiger partial charge in [0.25, 0.3) is 5.91 Å². The Labute approximate surface area is 165 Å². The van der Waals surface area contributed by atoms with Crippen LogP contribution in [0.1, 0.15) is 21.4 Å². The smallest absolute Gasteiger partial charge is 0.251 e. The number of amides is 1. The van der Waals surface area contributed by atoms with Crippen molar-refractivity contribution in [1.82, 2.24) is 10.3 Å². The maximum Gasteiger partial charge on any atom is 0.251 e. The maximum atomic E-state index is 12.2. The van der Waals surface area contributed by atoms with Gasteiger partial charge in [0.15, 0.2) is 5.96 Å². The highest BCUT2D eigenvalue weighted by molar-refractivity contribution is 7.99. The lowest BCUT2D eigenvalue weighted by Gasteiger charge is -2.11. The minimum absolute atomic E-state index is 0.0210. The van der Waals surface area contributed by atoms with E-state index < -0.39 is 10.0 Å². The zero-order valence-electron chi connectivity index (χ0n) is 14.5. The summed E-state index contributed by atoms with van der Waals surface area (Å²) in [5.74, 6) is 0.305. The number of hydrogen-bond donors (Lipinski definition) is 4. The summed E-state index contributed by atoms with van der Waals surface area (Å²) in [4.78, 5) is 20.5. The zero-order chi connectivity index (χ0) is 19.9. The predicted octanol–water partition coefficient (Wildman–Crippen LogP) is 0.950. The Hall–Kier alpha value is -2.31. The SMILES string of the molecule is CS(=O)(=O)Nc1ccc(C(=O)NCCSC(N=C(N)N)c2cscn2)cc1. The summed E-state index contributed by atoms with van der Waals surface area (Å²) in [7, 11) is -3.35. The Kier molecular flexibility index (Phi) is 7.45. The molecular formula is C15H20N6O3S3. The van der Waals surface area contributed by atoms with Crippen molar-refractivity contribution in [3.8, 4) is 0 Å². The summed E-state index contributed by atoms with van der Waals surface area (Å²) in [5, 5.41) is 4.34. The van der Waals surface area contributed by atoms with Crippen LogP contribution in [0.4, 0.5) is 5.69 Å². The normalized spacial score (nSPS) is 12.2. The Morgan fingerprint density at radius 1 is 1.33 bits per heavy atom. The van der Waals surface area contributed by atoms with Crippen molar-refractivity contribution in [2.75, 3.05) is 23.3 Å². The molecule has 1 amide bonds. The number of aliphatic imine (C=N–C) groups is 1. The highest BCUT2D eigenvalue weighted by Crippen LogP contribution is 2.29. The van der Waals surface area contributed by atoms with Crippen LogP contribution in [0.3, 0.4) is 0 Å². The second-order valence-electron chi connectivity index (χ2n) is 5.40. The van der Waals surface area contributed by atoms with Crippen molar-refractivity contribution in [3.63, 3.8) is 0 Å². The van der Waals surface area contributed by atoms with Crippen molar-refractivity contribution in [2.24, 2.45) is 16.5 Å². The van der Waals surface area contributed by atoms with Crippen LogP contribution in [0.25, 0.3) is 0 Å². The third-order valence-corrected chi connectivity index (χ3v) is 5.40. The number of rotatable bonds is 9. The fraction of sp³-hybridized carbons (Fsp3) is 0.267. The molecule has 27 heavy (non-hydrogen) atoms. The number of guanidine groups is 1. The van der Waals surface area contributed by atoms with Gasteiger partial charge in [0.05, 0.1) is 17.5 Å². The molecule has 2 rings (SSSR count). The molecule has 0 aliphatic heterocycles. The number of carbonyl (C=O) groups is 1. The van der Waals surface area contributed by atoms with Crippen LogP contribution >= 0.6 is 23.1 Å². The molecule has 0 saturated heterocycles. The van der Waals surface area contributed by atoms with E-state index >= 15 is 0 Å². The average molecular weight is 429 g/mol. The van der Waals surface area contributed by atoms with Crippen LogP contribution in [0.2, 0.25) is 0 Å². The number of aromatic nitrogens is 1. The van der Waals surface area contributed by atoms with E-state index in [0.29, 0.717) is 23.5 Å². The van der Waals surface area contributed by atoms with Gasteiger partial charge in [0.1, 0.15) is 5.37 Å². The molecule has 0 aliphatic rings. The van der Waals surface area contributed by atoms with E-state index in [1.165, 1.54) is 35.2 Å². The largest absolute Gasteiger partial charge is 0.370 e. The van der Waals surface area contributed by atoms with Gasteiger partial charge in [0, 0.05) is 28.9 Å². The van der Waals surface area contributed by atoms with Gasteiger partial charge in [-0.2, -0.15) is 0 Å². The lowest BCUT2D eigenvalue weighted by Crippen LogP contribution is -2.26. The summed E-state index contributed by atoms with van der Waals surface area (Å²) in [5.41, 5.74) is 14.2. The number of hydrogen-bond acceptors (Lipinski definition) is 7. The number of anilines is 1. The fourth-order valence-electron chi connectivity index (χ4n) is 2.01. The van der Waals surface area contributed by atoms with Crippen LogP contribution in [0.15, 0.2) is 40.1 Å². The molecule has 146 valence electrons. The Bertz CT molecular complexity index is 878. The van der Waals surface area contributed by atoms with Crippen molar-refractivity contribution >= 4 is 50.7 Å². The van der Waals surface area contributed by atoms with Gasteiger partial charge in [-0.15, -0.1) is 23.1 Å². The molecule has 2 aromatic rings. The predicted molar refractivity (Wildman–Crippen MR) is 110 cm³/mol. The number of benzene rings is 1. The number of carbonyl (C=O) groups excluding carboxylic acids is 1. The van der Waals surface area contributed by atoms with Gasteiger partial charge in [-0.05, 0) is 24.3 Å². The topological polar surface area (TPSA) is 153 Å². The van der Waals surface area contributed by atoms with E-state index in [1.54, 1.807) is 17.6 Å². The lowest BCUT2D eigenvalue weighted by atomic mass is 10.2. The number of nitrogens with two attached hydrogens (primary N) is 2. The maximum absolute atomic E-state index is 12.2. The Morgan fingerprint density at radius 2 is 2.04 bits per heavy atom. The van der Waals surface area contributed by atoms with Crippen molar-refractivity contribution < 1.29 is 13.2 Å². The van der Waals surface area contributed by atoms with Crippen LogP contribution in [0, 0.1) is 0 Å². The summed E-state index contributed by atoms with van der Waals surface area (Å²) in [6.07, 6.45) is 1.06. The highest BCUT2D eigenvalue weighted by atomic mass is 32.2. The molecule has 0 saturated carbocycles. The summed E-state index contributed by atoms with van der Waals surface area (Å²) >= 11 is 2.91. The molecule has 0 bridgehead atoms. The molecule has 12 heteroatoms. The van der Waals surface area contributed by atoms with Crippen molar-refractivity contribution in [1.29, 1.82) is 0 Å². The monoisotopic (exact) mass is 428 g/mol. The zero-order valence-corrected chi connectivity index (χ0v) is 16.9. The van der Waals surface area contributed by atoms with Crippen LogP contribution in [-0.4, -0.2) is 43.8 Å². The summed E-state index contributed by atoms with van der Waals surface area (Å²) in [6, 6.07) is 6.16. The van der Waals surface area contributed by atoms with Gasteiger partial charge < -0.3 is 16.8 Å². The van der Waals surface area contributed by atoms with E-state index in [-0.39, 0.29) is 17.2 Å². The van der Waals surface area contributed by atoms with E-state index in [0.717, 1.165) is 11.9 Å². The number of sulfonamides is 1. The van der Waals surface area contributed by atoms with Crippen LogP contribution in [-0.2, 0) is 10.0 Å². The molecule has 1 aromatic heterocycles. The number of nitrogens with zero attached hydrogens (tertiary/aromatic N) is 2. The molecule has 9 nitrogen and oxygen atoms in total. The molecule has 0 fully saturated rings. The number of nitrogens with one attached hydrogen (secondary N) is 2. The van der Waals surface area contributed by atoms with Crippen molar-refractivity contribution in [2.45, 2.75) is 5.37 Å². The van der Waals surface area contributed by atoms with Gasteiger partial charge in [-0.3, -0.25) is 9.52 Å². The minimum Gasteiger partial charge on any atom is -0.370 e. The second-order valence-corrected chi connectivity index (χ2v) is 9.05. The van der Waals surface area contributed by atoms with Crippen LogP contribution < -0.4 is 21.5 Å².